The van der Waals surface area contributed by atoms with Crippen LogP contribution in [0.2, 0.25) is 5.02 Å². The highest BCUT2D eigenvalue weighted by Gasteiger charge is 2.32. The van der Waals surface area contributed by atoms with Gasteiger partial charge in [-0.25, -0.2) is 14.9 Å². The van der Waals surface area contributed by atoms with E-state index in [0.717, 1.165) is 15.3 Å². The fourth-order valence-corrected chi connectivity index (χ4v) is 3.66. The van der Waals surface area contributed by atoms with Crippen molar-refractivity contribution < 1.29 is 9.53 Å². The molecule has 122 valence electrons. The Labute approximate surface area is 144 Å². The zero-order chi connectivity index (χ0) is 16.7. The highest BCUT2D eigenvalue weighted by atomic mass is 35.5. The number of aromatic nitrogens is 3. The Hall–Kier alpha value is -2.45. The summed E-state index contributed by atoms with van der Waals surface area (Å²) in [7, 11) is 0. The summed E-state index contributed by atoms with van der Waals surface area (Å²) in [4.78, 5) is 29.4. The van der Waals surface area contributed by atoms with Gasteiger partial charge in [0.2, 0.25) is 0 Å². The second kappa shape index (κ2) is 5.88. The van der Waals surface area contributed by atoms with Crippen LogP contribution >= 0.6 is 22.9 Å². The van der Waals surface area contributed by atoms with Crippen molar-refractivity contribution in [3.05, 3.63) is 51.4 Å². The van der Waals surface area contributed by atoms with Crippen molar-refractivity contribution in [2.24, 2.45) is 0 Å². The molecule has 0 radical (unpaired) electrons. The second-order valence-electron chi connectivity index (χ2n) is 5.32. The molecule has 0 unspecified atom stereocenters. The zero-order valence-electron chi connectivity index (χ0n) is 12.2. The van der Waals surface area contributed by atoms with Gasteiger partial charge >= 0.3 is 5.97 Å². The summed E-state index contributed by atoms with van der Waals surface area (Å²) in [5.41, 5.74) is 0.507. The van der Waals surface area contributed by atoms with Gasteiger partial charge in [-0.3, -0.25) is 4.79 Å². The molecule has 1 fully saturated rings. The highest BCUT2D eigenvalue weighted by molar-refractivity contribution is 7.22. The van der Waals surface area contributed by atoms with Crippen LogP contribution < -0.4 is 10.5 Å². The van der Waals surface area contributed by atoms with E-state index < -0.39 is 5.97 Å². The maximum atomic E-state index is 11.9. The lowest BCUT2D eigenvalue weighted by Crippen LogP contribution is -2.53. The molecule has 0 aliphatic carbocycles. The number of ether oxygens (including phenoxy) is 1. The van der Waals surface area contributed by atoms with E-state index in [0.29, 0.717) is 18.1 Å². The zero-order valence-corrected chi connectivity index (χ0v) is 13.8. The van der Waals surface area contributed by atoms with Crippen molar-refractivity contribution in [1.82, 2.24) is 15.2 Å². The van der Waals surface area contributed by atoms with E-state index in [4.69, 9.17) is 16.3 Å². The second-order valence-corrected chi connectivity index (χ2v) is 6.74. The maximum absolute atomic E-state index is 11.9. The first-order chi connectivity index (χ1) is 11.6. The van der Waals surface area contributed by atoms with Gasteiger partial charge in [-0.2, -0.15) is 5.10 Å². The van der Waals surface area contributed by atoms with E-state index in [1.165, 1.54) is 12.1 Å². The van der Waals surface area contributed by atoms with Gasteiger partial charge in [0.15, 0.2) is 10.8 Å². The minimum absolute atomic E-state index is 0.0832. The highest BCUT2D eigenvalue weighted by Crippen LogP contribution is 2.34. The molecule has 1 saturated heterocycles. The minimum atomic E-state index is -0.553. The Bertz CT molecular complexity index is 960. The first-order valence-electron chi connectivity index (χ1n) is 7.17. The predicted molar refractivity (Wildman–Crippen MR) is 90.9 cm³/mol. The number of nitrogens with one attached hydrogen (secondary N) is 1. The number of thiazole rings is 1. The quantitative estimate of drug-likeness (QED) is 0.718. The largest absolute Gasteiger partial charge is 0.454 e. The molecule has 24 heavy (non-hydrogen) atoms. The predicted octanol–water partition coefficient (Wildman–Crippen LogP) is 2.08. The molecule has 0 amide bonds. The molecule has 4 rings (SSSR count). The van der Waals surface area contributed by atoms with Crippen LogP contribution in [0.4, 0.5) is 5.13 Å². The molecule has 7 nitrogen and oxygen atoms in total. The van der Waals surface area contributed by atoms with E-state index >= 15 is 0 Å². The number of benzene rings is 1. The third-order valence-corrected chi connectivity index (χ3v) is 5.03. The van der Waals surface area contributed by atoms with Crippen LogP contribution in [0, 0.1) is 0 Å². The summed E-state index contributed by atoms with van der Waals surface area (Å²) in [6.45, 7) is 1.12. The van der Waals surface area contributed by atoms with E-state index in [1.807, 2.05) is 23.1 Å². The monoisotopic (exact) mass is 362 g/mol. The third-order valence-electron chi connectivity index (χ3n) is 3.64. The summed E-state index contributed by atoms with van der Waals surface area (Å²) in [6, 6.07) is 8.26. The molecule has 1 aliphatic rings. The van der Waals surface area contributed by atoms with Crippen LogP contribution in [0.5, 0.6) is 0 Å². The van der Waals surface area contributed by atoms with Gasteiger partial charge in [0.1, 0.15) is 11.6 Å². The number of anilines is 1. The van der Waals surface area contributed by atoms with E-state index in [1.54, 1.807) is 11.3 Å². The topological polar surface area (TPSA) is 88.2 Å². The standard InChI is InChI=1S/C15H11ClN4O3S/c16-9-2-1-3-11-13(9)17-15(24-11)20-6-8(7-20)23-14(22)10-4-5-12(21)19-18-10/h1-5,8H,6-7H2,(H,19,21). The Morgan fingerprint density at radius 1 is 1.33 bits per heavy atom. The molecule has 3 aromatic rings. The van der Waals surface area contributed by atoms with Gasteiger partial charge in [0.25, 0.3) is 5.56 Å². The number of aromatic amines is 1. The number of esters is 1. The molecule has 0 spiro atoms. The van der Waals surface area contributed by atoms with Gasteiger partial charge in [0.05, 0.1) is 22.8 Å². The Morgan fingerprint density at radius 2 is 2.17 bits per heavy atom. The number of hydrogen-bond donors (Lipinski definition) is 1. The number of nitrogens with zero attached hydrogens (tertiary/aromatic N) is 3. The molecule has 2 aromatic heterocycles. The number of hydrogen-bond acceptors (Lipinski definition) is 7. The smallest absolute Gasteiger partial charge is 0.359 e. The van der Waals surface area contributed by atoms with E-state index in [-0.39, 0.29) is 17.4 Å². The number of H-pyrrole nitrogens is 1. The number of carbonyl (C=O) groups excluding carboxylic acids is 1. The lowest BCUT2D eigenvalue weighted by atomic mass is 10.2. The van der Waals surface area contributed by atoms with Crippen molar-refractivity contribution in [3.8, 4) is 0 Å². The number of para-hydroxylation sites is 1. The van der Waals surface area contributed by atoms with Crippen molar-refractivity contribution >= 4 is 44.3 Å². The molecule has 0 bridgehead atoms. The van der Waals surface area contributed by atoms with Crippen LogP contribution in [0.1, 0.15) is 10.5 Å². The van der Waals surface area contributed by atoms with Crippen molar-refractivity contribution in [1.29, 1.82) is 0 Å². The van der Waals surface area contributed by atoms with Gasteiger partial charge in [-0.1, -0.05) is 29.0 Å². The maximum Gasteiger partial charge on any atom is 0.359 e. The molecular weight excluding hydrogens is 352 g/mol. The Balaban J connectivity index is 1.40. The van der Waals surface area contributed by atoms with Crippen molar-refractivity contribution in [2.45, 2.75) is 6.10 Å². The van der Waals surface area contributed by atoms with Crippen LogP contribution in [0.15, 0.2) is 35.1 Å². The Morgan fingerprint density at radius 3 is 2.88 bits per heavy atom. The molecular formula is C15H11ClN4O3S. The summed E-state index contributed by atoms with van der Waals surface area (Å²) >= 11 is 7.69. The first kappa shape index (κ1) is 15.1. The first-order valence-corrected chi connectivity index (χ1v) is 8.36. The average Bonchev–Trinajstić information content (AvgIpc) is 2.96. The minimum Gasteiger partial charge on any atom is -0.454 e. The summed E-state index contributed by atoms with van der Waals surface area (Å²) in [5, 5.41) is 7.34. The van der Waals surface area contributed by atoms with E-state index in [9.17, 15) is 9.59 Å². The van der Waals surface area contributed by atoms with Crippen LogP contribution in [0.25, 0.3) is 10.2 Å². The number of halogens is 1. The lowest BCUT2D eigenvalue weighted by molar-refractivity contribution is 0.0226. The summed E-state index contributed by atoms with van der Waals surface area (Å²) < 4.78 is 6.37. The SMILES string of the molecule is O=C(OC1CN(c2nc3c(Cl)cccc3s2)C1)c1ccc(=O)[nH]n1. The third kappa shape index (κ3) is 2.74. The van der Waals surface area contributed by atoms with Gasteiger partial charge in [0, 0.05) is 6.07 Å². The number of carbonyl (C=O) groups is 1. The molecule has 9 heteroatoms. The summed E-state index contributed by atoms with van der Waals surface area (Å²) in [5.74, 6) is -0.553. The van der Waals surface area contributed by atoms with Crippen LogP contribution in [0.3, 0.4) is 0 Å². The van der Waals surface area contributed by atoms with Gasteiger partial charge in [-0.05, 0) is 18.2 Å². The molecule has 3 heterocycles. The van der Waals surface area contributed by atoms with Crippen LogP contribution in [-0.2, 0) is 4.74 Å². The van der Waals surface area contributed by atoms with Crippen LogP contribution in [-0.4, -0.2) is 40.3 Å². The fourth-order valence-electron chi connectivity index (χ4n) is 2.38. The average molecular weight is 363 g/mol. The molecule has 1 N–H and O–H groups in total. The Kier molecular flexibility index (Phi) is 3.70. The normalized spacial score (nSPS) is 14.6. The molecule has 0 atom stereocenters. The summed E-state index contributed by atoms with van der Waals surface area (Å²) in [6.07, 6.45) is -0.228. The fraction of sp³-hybridized carbons (Fsp3) is 0.200. The number of rotatable bonds is 3. The lowest BCUT2D eigenvalue weighted by Gasteiger charge is -2.37. The number of fused-ring (bicyclic) bond motifs is 1. The van der Waals surface area contributed by atoms with Crippen molar-refractivity contribution in [3.63, 3.8) is 0 Å². The van der Waals surface area contributed by atoms with E-state index in [2.05, 4.69) is 15.2 Å². The van der Waals surface area contributed by atoms with Crippen molar-refractivity contribution in [2.75, 3.05) is 18.0 Å². The van der Waals surface area contributed by atoms with Gasteiger partial charge in [-0.15, -0.1) is 0 Å². The molecule has 1 aliphatic heterocycles. The molecule has 0 saturated carbocycles. The van der Waals surface area contributed by atoms with Gasteiger partial charge < -0.3 is 9.64 Å². The molecule has 1 aromatic carbocycles.